The number of anilines is 1. The number of nitro groups is 1. The molecule has 0 radical (unpaired) electrons. The summed E-state index contributed by atoms with van der Waals surface area (Å²) in [7, 11) is 0. The Kier molecular flexibility index (Phi) is 3.45. The molecule has 6 nitrogen and oxygen atoms in total. The van der Waals surface area contributed by atoms with Crippen molar-refractivity contribution < 1.29 is 14.8 Å². The van der Waals surface area contributed by atoms with Gasteiger partial charge in [-0.3, -0.25) is 14.9 Å². The summed E-state index contributed by atoms with van der Waals surface area (Å²) >= 11 is 0. The molecule has 1 saturated heterocycles. The second-order valence-corrected chi connectivity index (χ2v) is 4.40. The molecule has 1 heterocycles. The Balaban J connectivity index is 2.18. The normalized spacial score (nSPS) is 19.6. The van der Waals surface area contributed by atoms with Crippen LogP contribution >= 0.6 is 0 Å². The second kappa shape index (κ2) is 5.03. The molecule has 1 N–H and O–H groups in total. The highest BCUT2D eigenvalue weighted by Gasteiger charge is 2.26. The molecule has 1 atom stereocenters. The maximum Gasteiger partial charge on any atom is 0.308 e. The topological polar surface area (TPSA) is 83.7 Å². The molecular formula is C12H14N2O4. The van der Waals surface area contributed by atoms with Crippen molar-refractivity contribution >= 4 is 17.3 Å². The Morgan fingerprint density at radius 3 is 2.94 bits per heavy atom. The molecule has 18 heavy (non-hydrogen) atoms. The first-order valence-electron chi connectivity index (χ1n) is 5.80. The molecule has 1 aliphatic rings. The third-order valence-electron chi connectivity index (χ3n) is 3.18. The molecule has 0 aromatic heterocycles. The van der Waals surface area contributed by atoms with E-state index in [1.54, 1.807) is 12.1 Å². The summed E-state index contributed by atoms with van der Waals surface area (Å²) in [6.07, 6.45) is 1.46. The van der Waals surface area contributed by atoms with Gasteiger partial charge in [-0.05, 0) is 18.9 Å². The Bertz CT molecular complexity index is 475. The van der Waals surface area contributed by atoms with Crippen LogP contribution in [0.3, 0.4) is 0 Å². The van der Waals surface area contributed by atoms with Crippen LogP contribution < -0.4 is 4.90 Å². The van der Waals surface area contributed by atoms with E-state index in [1.165, 1.54) is 12.1 Å². The lowest BCUT2D eigenvalue weighted by molar-refractivity contribution is -0.384. The smallest absolute Gasteiger partial charge is 0.308 e. The van der Waals surface area contributed by atoms with Crippen molar-refractivity contribution in [2.24, 2.45) is 5.92 Å². The zero-order valence-electron chi connectivity index (χ0n) is 9.78. The van der Waals surface area contributed by atoms with E-state index >= 15 is 0 Å². The highest BCUT2D eigenvalue weighted by Crippen LogP contribution is 2.26. The maximum absolute atomic E-state index is 11.0. The largest absolute Gasteiger partial charge is 0.481 e. The molecule has 1 fully saturated rings. The Morgan fingerprint density at radius 1 is 1.50 bits per heavy atom. The Labute approximate surface area is 104 Å². The van der Waals surface area contributed by atoms with Crippen LogP contribution in [0.5, 0.6) is 0 Å². The summed E-state index contributed by atoms with van der Waals surface area (Å²) in [6, 6.07) is 6.32. The van der Waals surface area contributed by atoms with Gasteiger partial charge in [0.15, 0.2) is 0 Å². The van der Waals surface area contributed by atoms with Gasteiger partial charge in [0.1, 0.15) is 0 Å². The number of nitro benzene ring substituents is 1. The lowest BCUT2D eigenvalue weighted by atomic mass is 9.98. The number of rotatable bonds is 3. The SMILES string of the molecule is O=C(O)C1CCCN(c2cccc([N+](=O)[O-])c2)C1. The van der Waals surface area contributed by atoms with Crippen LogP contribution in [0, 0.1) is 16.0 Å². The van der Waals surface area contributed by atoms with Crippen molar-refractivity contribution in [3.8, 4) is 0 Å². The van der Waals surface area contributed by atoms with Crippen LogP contribution in [0.4, 0.5) is 11.4 Å². The first-order valence-corrected chi connectivity index (χ1v) is 5.80. The fraction of sp³-hybridized carbons (Fsp3) is 0.417. The molecule has 0 bridgehead atoms. The predicted molar refractivity (Wildman–Crippen MR) is 65.7 cm³/mol. The molecule has 0 saturated carbocycles. The highest BCUT2D eigenvalue weighted by molar-refractivity contribution is 5.71. The van der Waals surface area contributed by atoms with Gasteiger partial charge >= 0.3 is 5.97 Å². The molecule has 1 unspecified atom stereocenters. The molecule has 2 rings (SSSR count). The summed E-state index contributed by atoms with van der Waals surface area (Å²) in [5, 5.41) is 19.7. The van der Waals surface area contributed by atoms with E-state index in [2.05, 4.69) is 0 Å². The van der Waals surface area contributed by atoms with E-state index in [4.69, 9.17) is 5.11 Å². The zero-order valence-corrected chi connectivity index (χ0v) is 9.78. The van der Waals surface area contributed by atoms with E-state index in [-0.39, 0.29) is 5.69 Å². The number of carboxylic acids is 1. The van der Waals surface area contributed by atoms with Gasteiger partial charge in [-0.15, -0.1) is 0 Å². The molecule has 0 aliphatic carbocycles. The predicted octanol–water partition coefficient (Wildman–Crippen LogP) is 1.90. The van der Waals surface area contributed by atoms with Crippen LogP contribution in [0.25, 0.3) is 0 Å². The van der Waals surface area contributed by atoms with Crippen molar-refractivity contribution in [2.45, 2.75) is 12.8 Å². The summed E-state index contributed by atoms with van der Waals surface area (Å²) in [5.41, 5.74) is 0.750. The summed E-state index contributed by atoms with van der Waals surface area (Å²) in [5.74, 6) is -1.19. The Morgan fingerprint density at radius 2 is 2.28 bits per heavy atom. The van der Waals surface area contributed by atoms with Crippen LogP contribution in [-0.2, 0) is 4.79 Å². The molecule has 1 aromatic carbocycles. The first-order chi connectivity index (χ1) is 8.58. The van der Waals surface area contributed by atoms with Crippen molar-refractivity contribution in [3.05, 3.63) is 34.4 Å². The van der Waals surface area contributed by atoms with Gasteiger partial charge in [0.2, 0.25) is 0 Å². The molecule has 0 amide bonds. The van der Waals surface area contributed by atoms with Gasteiger partial charge in [-0.25, -0.2) is 0 Å². The van der Waals surface area contributed by atoms with Gasteiger partial charge in [-0.1, -0.05) is 6.07 Å². The third kappa shape index (κ3) is 2.58. The van der Waals surface area contributed by atoms with Gasteiger partial charge in [0.05, 0.1) is 10.8 Å². The number of nitrogens with zero attached hydrogens (tertiary/aromatic N) is 2. The van der Waals surface area contributed by atoms with E-state index in [0.717, 1.165) is 18.7 Å². The monoisotopic (exact) mass is 250 g/mol. The number of non-ortho nitro benzene ring substituents is 1. The van der Waals surface area contributed by atoms with Gasteiger partial charge in [-0.2, -0.15) is 0 Å². The van der Waals surface area contributed by atoms with Crippen LogP contribution in [0.2, 0.25) is 0 Å². The number of hydrogen-bond acceptors (Lipinski definition) is 4. The van der Waals surface area contributed by atoms with E-state index in [9.17, 15) is 14.9 Å². The Hall–Kier alpha value is -2.11. The fourth-order valence-electron chi connectivity index (χ4n) is 2.22. The number of hydrogen-bond donors (Lipinski definition) is 1. The minimum atomic E-state index is -0.801. The molecule has 0 spiro atoms. The molecule has 6 heteroatoms. The zero-order chi connectivity index (χ0) is 13.1. The second-order valence-electron chi connectivity index (χ2n) is 4.40. The van der Waals surface area contributed by atoms with E-state index < -0.39 is 16.8 Å². The van der Waals surface area contributed by atoms with Gasteiger partial charge < -0.3 is 10.0 Å². The lowest BCUT2D eigenvalue weighted by Gasteiger charge is -2.32. The molecule has 1 aromatic rings. The summed E-state index contributed by atoms with van der Waals surface area (Å²) in [4.78, 5) is 23.1. The van der Waals surface area contributed by atoms with Crippen molar-refractivity contribution in [1.29, 1.82) is 0 Å². The number of aliphatic carboxylic acids is 1. The van der Waals surface area contributed by atoms with Gasteiger partial charge in [0, 0.05) is 30.9 Å². The molecule has 96 valence electrons. The maximum atomic E-state index is 11.0. The van der Waals surface area contributed by atoms with E-state index in [0.29, 0.717) is 13.0 Å². The fourth-order valence-corrected chi connectivity index (χ4v) is 2.22. The van der Waals surface area contributed by atoms with Crippen LogP contribution in [0.1, 0.15) is 12.8 Å². The average molecular weight is 250 g/mol. The minimum absolute atomic E-state index is 0.0324. The third-order valence-corrected chi connectivity index (χ3v) is 3.18. The number of benzene rings is 1. The quantitative estimate of drug-likeness (QED) is 0.654. The van der Waals surface area contributed by atoms with Crippen molar-refractivity contribution in [3.63, 3.8) is 0 Å². The molecule has 1 aliphatic heterocycles. The lowest BCUT2D eigenvalue weighted by Crippen LogP contribution is -2.38. The van der Waals surface area contributed by atoms with Crippen LogP contribution in [-0.4, -0.2) is 29.1 Å². The van der Waals surface area contributed by atoms with Crippen molar-refractivity contribution in [2.75, 3.05) is 18.0 Å². The van der Waals surface area contributed by atoms with E-state index in [1.807, 2.05) is 4.90 Å². The number of carbonyl (C=O) groups is 1. The average Bonchev–Trinajstić information content (AvgIpc) is 2.39. The molecular weight excluding hydrogens is 236 g/mol. The summed E-state index contributed by atoms with van der Waals surface area (Å²) in [6.45, 7) is 1.15. The van der Waals surface area contributed by atoms with Crippen molar-refractivity contribution in [1.82, 2.24) is 0 Å². The highest BCUT2D eigenvalue weighted by atomic mass is 16.6. The number of carboxylic acid groups (broad SMARTS) is 1. The van der Waals surface area contributed by atoms with Crippen LogP contribution in [0.15, 0.2) is 24.3 Å². The summed E-state index contributed by atoms with van der Waals surface area (Å²) < 4.78 is 0. The number of piperidine rings is 1. The minimum Gasteiger partial charge on any atom is -0.481 e. The van der Waals surface area contributed by atoms with Gasteiger partial charge in [0.25, 0.3) is 5.69 Å². The standard InChI is InChI=1S/C12H14N2O4/c15-12(16)9-3-2-6-13(8-9)10-4-1-5-11(7-10)14(17)18/h1,4-5,7,9H,2-3,6,8H2,(H,15,16). The first kappa shape index (κ1) is 12.3.